The number of fused-ring (bicyclic) bond motifs is 4. The molecule has 128 valence electrons. The molecule has 1 atom stereocenters. The van der Waals surface area contributed by atoms with E-state index in [0.717, 1.165) is 29.7 Å². The minimum atomic E-state index is -0.758. The van der Waals surface area contributed by atoms with E-state index in [1.807, 2.05) is 30.3 Å². The molecule has 5 heteroatoms. The van der Waals surface area contributed by atoms with Crippen molar-refractivity contribution >= 4 is 11.7 Å². The van der Waals surface area contributed by atoms with Crippen molar-refractivity contribution in [2.45, 2.75) is 31.6 Å². The van der Waals surface area contributed by atoms with E-state index in [2.05, 4.69) is 23.3 Å². The first-order valence-corrected chi connectivity index (χ1v) is 8.72. The smallest absolute Gasteiger partial charge is 0.242 e. The average Bonchev–Trinajstić information content (AvgIpc) is 3.04. The maximum Gasteiger partial charge on any atom is 0.242 e. The highest BCUT2D eigenvalue weighted by Gasteiger charge is 2.52. The summed E-state index contributed by atoms with van der Waals surface area (Å²) in [4.78, 5) is 22.2. The molecule has 1 amide bonds. The minimum absolute atomic E-state index is 0.0503. The zero-order valence-corrected chi connectivity index (χ0v) is 14.5. The number of aryl methyl sites for hydroxylation is 1. The molecule has 0 saturated carbocycles. The Bertz CT molecular complexity index is 875. The molecule has 1 aromatic carbocycles. The van der Waals surface area contributed by atoms with Gasteiger partial charge in [0.15, 0.2) is 0 Å². The average molecular weight is 335 g/mol. The van der Waals surface area contributed by atoms with Crippen molar-refractivity contribution < 1.29 is 9.53 Å². The van der Waals surface area contributed by atoms with Crippen molar-refractivity contribution in [3.05, 3.63) is 58.8 Å². The van der Waals surface area contributed by atoms with Gasteiger partial charge in [0.05, 0.1) is 12.3 Å². The first-order valence-electron chi connectivity index (χ1n) is 8.72. The number of benzene rings is 1. The molecule has 5 nitrogen and oxygen atoms in total. The maximum absolute atomic E-state index is 13.2. The van der Waals surface area contributed by atoms with Crippen molar-refractivity contribution in [2.24, 2.45) is 4.99 Å². The number of pyridine rings is 1. The number of hydrogen-bond donors (Lipinski definition) is 1. The fraction of sp³-hybridized carbons (Fsp3) is 0.350. The number of nitrogens with one attached hydrogen (secondary N) is 1. The molecule has 0 bridgehead atoms. The van der Waals surface area contributed by atoms with Crippen LogP contribution in [-0.2, 0) is 16.6 Å². The molecular weight excluding hydrogens is 314 g/mol. The zero-order valence-electron chi connectivity index (χ0n) is 14.5. The number of amides is 1. The SMILES string of the molecule is CCCOc1ccc2c(n1)C1(CCc3ccccc31)C(=O)NC2=NC. The van der Waals surface area contributed by atoms with Crippen LogP contribution >= 0.6 is 0 Å². The lowest BCUT2D eigenvalue weighted by Crippen LogP contribution is -2.52. The summed E-state index contributed by atoms with van der Waals surface area (Å²) in [5, 5.41) is 2.99. The molecule has 2 heterocycles. The summed E-state index contributed by atoms with van der Waals surface area (Å²) >= 11 is 0. The topological polar surface area (TPSA) is 63.6 Å². The van der Waals surface area contributed by atoms with Crippen molar-refractivity contribution in [2.75, 3.05) is 13.7 Å². The van der Waals surface area contributed by atoms with Crippen LogP contribution in [0.1, 0.15) is 42.1 Å². The van der Waals surface area contributed by atoms with E-state index < -0.39 is 5.41 Å². The highest BCUT2D eigenvalue weighted by atomic mass is 16.5. The van der Waals surface area contributed by atoms with Crippen LogP contribution in [0.2, 0.25) is 0 Å². The van der Waals surface area contributed by atoms with Crippen molar-refractivity contribution in [1.29, 1.82) is 0 Å². The molecule has 2 aromatic rings. The second kappa shape index (κ2) is 5.99. The number of nitrogens with zero attached hydrogens (tertiary/aromatic N) is 2. The summed E-state index contributed by atoms with van der Waals surface area (Å²) in [6.07, 6.45) is 2.49. The van der Waals surface area contributed by atoms with Crippen LogP contribution in [0.4, 0.5) is 0 Å². The first-order chi connectivity index (χ1) is 12.2. The molecule has 4 rings (SSSR count). The molecule has 1 spiro atoms. The Morgan fingerprint density at radius 1 is 1.28 bits per heavy atom. The van der Waals surface area contributed by atoms with E-state index in [-0.39, 0.29) is 5.91 Å². The summed E-state index contributed by atoms with van der Waals surface area (Å²) in [7, 11) is 1.68. The van der Waals surface area contributed by atoms with Crippen LogP contribution in [0.15, 0.2) is 41.4 Å². The Balaban J connectivity index is 1.94. The predicted molar refractivity (Wildman–Crippen MR) is 96.2 cm³/mol. The minimum Gasteiger partial charge on any atom is -0.478 e. The van der Waals surface area contributed by atoms with Crippen molar-refractivity contribution in [3.63, 3.8) is 0 Å². The summed E-state index contributed by atoms with van der Waals surface area (Å²) in [6, 6.07) is 12.0. The standard InChI is InChI=1S/C20H21N3O2/c1-3-12-25-16-9-8-14-17(22-16)20(19(24)23-18(14)21-2)11-10-13-6-4-5-7-15(13)20/h4-9H,3,10-12H2,1-2H3,(H,21,23,24). The van der Waals surface area contributed by atoms with Gasteiger partial charge in [-0.05, 0) is 36.5 Å². The third kappa shape index (κ3) is 2.26. The number of carbonyl (C=O) groups is 1. The molecule has 0 radical (unpaired) electrons. The van der Waals surface area contributed by atoms with Gasteiger partial charge in [0.25, 0.3) is 0 Å². The summed E-state index contributed by atoms with van der Waals surface area (Å²) in [5.74, 6) is 1.09. The maximum atomic E-state index is 13.2. The molecule has 0 fully saturated rings. The molecule has 1 aliphatic heterocycles. The Morgan fingerprint density at radius 3 is 2.92 bits per heavy atom. The van der Waals surface area contributed by atoms with Crippen LogP contribution in [0.5, 0.6) is 5.88 Å². The summed E-state index contributed by atoms with van der Waals surface area (Å²) in [5.41, 5.74) is 3.13. The fourth-order valence-electron chi connectivity index (χ4n) is 3.90. The van der Waals surface area contributed by atoms with Crippen molar-refractivity contribution in [3.8, 4) is 5.88 Å². The van der Waals surface area contributed by atoms with Crippen molar-refractivity contribution in [1.82, 2.24) is 10.3 Å². The molecular formula is C20H21N3O2. The molecule has 1 aliphatic carbocycles. The fourth-order valence-corrected chi connectivity index (χ4v) is 3.90. The van der Waals surface area contributed by atoms with E-state index in [0.29, 0.717) is 24.7 Å². The molecule has 1 N–H and O–H groups in total. The Hall–Kier alpha value is -2.69. The van der Waals surface area contributed by atoms with E-state index in [1.165, 1.54) is 5.56 Å². The normalized spacial score (nSPS) is 22.6. The number of hydrogen-bond acceptors (Lipinski definition) is 4. The van der Waals surface area contributed by atoms with Gasteiger partial charge in [-0.25, -0.2) is 4.98 Å². The monoisotopic (exact) mass is 335 g/mol. The quantitative estimate of drug-likeness (QED) is 0.938. The van der Waals surface area contributed by atoms with Crippen LogP contribution in [-0.4, -0.2) is 30.4 Å². The number of carbonyl (C=O) groups excluding carboxylic acids is 1. The highest BCUT2D eigenvalue weighted by Crippen LogP contribution is 2.46. The van der Waals surface area contributed by atoms with Gasteiger partial charge in [-0.1, -0.05) is 31.2 Å². The second-order valence-corrected chi connectivity index (χ2v) is 6.48. The van der Waals surface area contributed by atoms with Gasteiger partial charge in [-0.15, -0.1) is 0 Å². The molecule has 25 heavy (non-hydrogen) atoms. The van der Waals surface area contributed by atoms with E-state index >= 15 is 0 Å². The van der Waals surface area contributed by atoms with Gasteiger partial charge in [0.2, 0.25) is 11.8 Å². The van der Waals surface area contributed by atoms with Gasteiger partial charge in [-0.3, -0.25) is 9.79 Å². The number of ether oxygens (including phenoxy) is 1. The molecule has 2 aliphatic rings. The number of rotatable bonds is 3. The first kappa shape index (κ1) is 15.8. The number of aliphatic imine (C=N–C) groups is 1. The van der Waals surface area contributed by atoms with Gasteiger partial charge in [0, 0.05) is 18.7 Å². The van der Waals surface area contributed by atoms with E-state index in [9.17, 15) is 4.79 Å². The zero-order chi connectivity index (χ0) is 17.4. The summed E-state index contributed by atoms with van der Waals surface area (Å²) < 4.78 is 5.73. The van der Waals surface area contributed by atoms with Gasteiger partial charge < -0.3 is 10.1 Å². The third-order valence-corrected chi connectivity index (χ3v) is 5.07. The Labute approximate surface area is 147 Å². The van der Waals surface area contributed by atoms with Gasteiger partial charge in [0.1, 0.15) is 11.3 Å². The van der Waals surface area contributed by atoms with Crippen LogP contribution in [0.25, 0.3) is 0 Å². The van der Waals surface area contributed by atoms with Crippen LogP contribution in [0, 0.1) is 0 Å². The lowest BCUT2D eigenvalue weighted by Gasteiger charge is -2.35. The highest BCUT2D eigenvalue weighted by molar-refractivity contribution is 6.16. The molecule has 1 unspecified atom stereocenters. The Kier molecular flexibility index (Phi) is 3.79. The predicted octanol–water partition coefficient (Wildman–Crippen LogP) is 2.61. The Morgan fingerprint density at radius 2 is 2.12 bits per heavy atom. The molecule has 1 aromatic heterocycles. The third-order valence-electron chi connectivity index (χ3n) is 5.07. The van der Waals surface area contributed by atoms with Gasteiger partial charge >= 0.3 is 0 Å². The van der Waals surface area contributed by atoms with E-state index in [1.54, 1.807) is 7.05 Å². The lowest BCUT2D eigenvalue weighted by molar-refractivity contribution is -0.124. The van der Waals surface area contributed by atoms with E-state index in [4.69, 9.17) is 9.72 Å². The van der Waals surface area contributed by atoms with Crippen LogP contribution in [0.3, 0.4) is 0 Å². The van der Waals surface area contributed by atoms with Crippen LogP contribution < -0.4 is 10.1 Å². The second-order valence-electron chi connectivity index (χ2n) is 6.48. The largest absolute Gasteiger partial charge is 0.478 e. The lowest BCUT2D eigenvalue weighted by atomic mass is 9.73. The summed E-state index contributed by atoms with van der Waals surface area (Å²) in [6.45, 7) is 2.67. The molecule has 0 saturated heterocycles. The number of aromatic nitrogens is 1. The number of amidine groups is 1. The van der Waals surface area contributed by atoms with Gasteiger partial charge in [-0.2, -0.15) is 0 Å².